The summed E-state index contributed by atoms with van der Waals surface area (Å²) in [4.78, 5) is 0. The van der Waals surface area contributed by atoms with Gasteiger partial charge >= 0.3 is 0 Å². The minimum atomic E-state index is 0.462. The second-order valence-electron chi connectivity index (χ2n) is 4.71. The minimum absolute atomic E-state index is 0.462. The van der Waals surface area contributed by atoms with Crippen LogP contribution in [0.5, 0.6) is 5.75 Å². The lowest BCUT2D eigenvalue weighted by Crippen LogP contribution is -2.22. The van der Waals surface area contributed by atoms with Crippen LogP contribution in [0.1, 0.15) is 25.0 Å². The van der Waals surface area contributed by atoms with Gasteiger partial charge in [0.1, 0.15) is 12.4 Å². The van der Waals surface area contributed by atoms with E-state index in [1.807, 2.05) is 12.1 Å². The Morgan fingerprint density at radius 2 is 2.16 bits per heavy atom. The maximum absolute atomic E-state index is 5.91. The number of hydrogen-bond acceptors (Lipinski definition) is 3. The van der Waals surface area contributed by atoms with Crippen molar-refractivity contribution in [3.63, 3.8) is 0 Å². The van der Waals surface area contributed by atoms with Gasteiger partial charge in [-0.2, -0.15) is 11.3 Å². The van der Waals surface area contributed by atoms with E-state index in [-0.39, 0.29) is 0 Å². The molecule has 102 valence electrons. The average molecular weight is 340 g/mol. The molecule has 2 nitrogen and oxygen atoms in total. The highest BCUT2D eigenvalue weighted by Gasteiger charge is 2.06. The normalized spacial score (nSPS) is 10.9. The Hall–Kier alpha value is -0.840. The van der Waals surface area contributed by atoms with Crippen molar-refractivity contribution in [2.45, 2.75) is 33.0 Å². The van der Waals surface area contributed by atoms with E-state index in [0.717, 1.165) is 16.8 Å². The molecule has 0 aliphatic heterocycles. The van der Waals surface area contributed by atoms with Gasteiger partial charge in [-0.3, -0.25) is 0 Å². The lowest BCUT2D eigenvalue weighted by Gasteiger charge is -2.14. The van der Waals surface area contributed by atoms with Crippen molar-refractivity contribution in [3.05, 3.63) is 50.6 Å². The molecule has 0 saturated heterocycles. The summed E-state index contributed by atoms with van der Waals surface area (Å²) in [7, 11) is 0. The van der Waals surface area contributed by atoms with Gasteiger partial charge in [-0.15, -0.1) is 0 Å². The van der Waals surface area contributed by atoms with Gasteiger partial charge in [-0.1, -0.05) is 29.8 Å². The van der Waals surface area contributed by atoms with Crippen molar-refractivity contribution in [2.75, 3.05) is 0 Å². The van der Waals surface area contributed by atoms with Crippen LogP contribution in [0, 0.1) is 0 Å². The molecule has 1 heterocycles. The molecule has 0 amide bonds. The van der Waals surface area contributed by atoms with Crippen molar-refractivity contribution in [1.29, 1.82) is 0 Å². The Bertz CT molecular complexity index is 511. The molecule has 1 aromatic carbocycles. The number of hydrogen-bond donors (Lipinski definition) is 1. The third-order valence-corrected chi connectivity index (χ3v) is 3.92. The van der Waals surface area contributed by atoms with Gasteiger partial charge in [-0.05, 0) is 40.6 Å². The zero-order valence-corrected chi connectivity index (χ0v) is 13.6. The molecule has 2 aromatic rings. The lowest BCUT2D eigenvalue weighted by atomic mass is 10.2. The van der Waals surface area contributed by atoms with E-state index in [2.05, 4.69) is 58.0 Å². The second kappa shape index (κ2) is 7.08. The molecule has 0 aliphatic carbocycles. The fourth-order valence-corrected chi connectivity index (χ4v) is 2.74. The van der Waals surface area contributed by atoms with E-state index in [1.165, 1.54) is 11.1 Å². The number of nitrogens with one attached hydrogen (secondary N) is 1. The molecule has 0 fully saturated rings. The fraction of sp³-hybridized carbons (Fsp3) is 0.333. The standard InChI is InChI=1S/C15H18BrNOS/c1-11(2)17-8-13-7-14(16)3-4-15(13)18-9-12-5-6-19-10-12/h3-7,10-11,17H,8-9H2,1-2H3. The van der Waals surface area contributed by atoms with Crippen molar-refractivity contribution in [3.8, 4) is 5.75 Å². The van der Waals surface area contributed by atoms with Crippen molar-refractivity contribution in [1.82, 2.24) is 5.32 Å². The summed E-state index contributed by atoms with van der Waals surface area (Å²) in [5, 5.41) is 7.61. The Labute approximate surface area is 126 Å². The quantitative estimate of drug-likeness (QED) is 0.831. The van der Waals surface area contributed by atoms with Gasteiger partial charge in [0.15, 0.2) is 0 Å². The number of ether oxygens (including phenoxy) is 1. The molecular weight excluding hydrogens is 322 g/mol. The molecule has 0 unspecified atom stereocenters. The molecule has 1 N–H and O–H groups in total. The Balaban J connectivity index is 2.05. The molecule has 0 saturated carbocycles. The first-order valence-electron chi connectivity index (χ1n) is 6.31. The van der Waals surface area contributed by atoms with Crippen LogP contribution in [-0.4, -0.2) is 6.04 Å². The molecule has 4 heteroatoms. The summed E-state index contributed by atoms with van der Waals surface area (Å²) >= 11 is 5.21. The largest absolute Gasteiger partial charge is 0.489 e. The predicted molar refractivity (Wildman–Crippen MR) is 84.8 cm³/mol. The first-order chi connectivity index (χ1) is 9.15. The molecular formula is C15H18BrNOS. The van der Waals surface area contributed by atoms with Crippen LogP contribution in [0.4, 0.5) is 0 Å². The van der Waals surface area contributed by atoms with Crippen molar-refractivity contribution in [2.24, 2.45) is 0 Å². The third kappa shape index (κ3) is 4.64. The maximum Gasteiger partial charge on any atom is 0.124 e. The summed E-state index contributed by atoms with van der Waals surface area (Å²) in [6.07, 6.45) is 0. The Morgan fingerprint density at radius 3 is 2.84 bits per heavy atom. The third-order valence-electron chi connectivity index (χ3n) is 2.70. The van der Waals surface area contributed by atoms with E-state index in [0.29, 0.717) is 12.6 Å². The number of rotatable bonds is 6. The van der Waals surface area contributed by atoms with Gasteiger partial charge in [0.25, 0.3) is 0 Å². The van der Waals surface area contributed by atoms with E-state index in [1.54, 1.807) is 11.3 Å². The van der Waals surface area contributed by atoms with Crippen LogP contribution < -0.4 is 10.1 Å². The highest BCUT2D eigenvalue weighted by atomic mass is 79.9. The summed E-state index contributed by atoms with van der Waals surface area (Å²) in [5.74, 6) is 0.947. The van der Waals surface area contributed by atoms with Crippen LogP contribution in [0.3, 0.4) is 0 Å². The van der Waals surface area contributed by atoms with Crippen molar-refractivity contribution < 1.29 is 4.74 Å². The Morgan fingerprint density at radius 1 is 1.32 bits per heavy atom. The molecule has 0 spiro atoms. The molecule has 2 rings (SSSR count). The highest BCUT2D eigenvalue weighted by molar-refractivity contribution is 9.10. The first-order valence-corrected chi connectivity index (χ1v) is 8.04. The number of thiophene rings is 1. The van der Waals surface area contributed by atoms with Crippen LogP contribution in [-0.2, 0) is 13.2 Å². The first kappa shape index (κ1) is 14.6. The van der Waals surface area contributed by atoms with Crippen LogP contribution >= 0.6 is 27.3 Å². The maximum atomic E-state index is 5.91. The number of halogens is 1. The van der Waals surface area contributed by atoms with Crippen molar-refractivity contribution >= 4 is 27.3 Å². The van der Waals surface area contributed by atoms with Gasteiger partial charge in [0.05, 0.1) is 0 Å². The van der Waals surface area contributed by atoms with Gasteiger partial charge < -0.3 is 10.1 Å². The molecule has 1 aromatic heterocycles. The molecule has 0 aliphatic rings. The lowest BCUT2D eigenvalue weighted by molar-refractivity contribution is 0.302. The summed E-state index contributed by atoms with van der Waals surface area (Å²) in [5.41, 5.74) is 2.40. The second-order valence-corrected chi connectivity index (χ2v) is 6.40. The topological polar surface area (TPSA) is 21.3 Å². The Kier molecular flexibility index (Phi) is 5.43. The average Bonchev–Trinajstić information content (AvgIpc) is 2.88. The summed E-state index contributed by atoms with van der Waals surface area (Å²) in [6, 6.07) is 8.70. The van der Waals surface area contributed by atoms with Gasteiger partial charge in [0.2, 0.25) is 0 Å². The van der Waals surface area contributed by atoms with Crippen LogP contribution in [0.25, 0.3) is 0 Å². The number of benzene rings is 1. The van der Waals surface area contributed by atoms with Gasteiger partial charge in [-0.25, -0.2) is 0 Å². The zero-order valence-electron chi connectivity index (χ0n) is 11.2. The molecule has 0 atom stereocenters. The monoisotopic (exact) mass is 339 g/mol. The highest BCUT2D eigenvalue weighted by Crippen LogP contribution is 2.24. The molecule has 19 heavy (non-hydrogen) atoms. The molecule has 0 radical (unpaired) electrons. The van der Waals surface area contributed by atoms with Crippen LogP contribution in [0.15, 0.2) is 39.5 Å². The zero-order chi connectivity index (χ0) is 13.7. The predicted octanol–water partition coefficient (Wildman–Crippen LogP) is 4.59. The van der Waals surface area contributed by atoms with E-state index >= 15 is 0 Å². The minimum Gasteiger partial charge on any atom is -0.489 e. The summed E-state index contributed by atoms with van der Waals surface area (Å²) in [6.45, 7) is 5.73. The van der Waals surface area contributed by atoms with Gasteiger partial charge in [0, 0.05) is 22.6 Å². The van der Waals surface area contributed by atoms with E-state index in [4.69, 9.17) is 4.74 Å². The molecule has 0 bridgehead atoms. The SMILES string of the molecule is CC(C)NCc1cc(Br)ccc1OCc1ccsc1. The fourth-order valence-electron chi connectivity index (χ4n) is 1.68. The smallest absolute Gasteiger partial charge is 0.124 e. The summed E-state index contributed by atoms with van der Waals surface area (Å²) < 4.78 is 6.99. The van der Waals surface area contributed by atoms with E-state index < -0.39 is 0 Å². The van der Waals surface area contributed by atoms with E-state index in [9.17, 15) is 0 Å². The van der Waals surface area contributed by atoms with Crippen LogP contribution in [0.2, 0.25) is 0 Å².